The van der Waals surface area contributed by atoms with E-state index in [1.807, 2.05) is 6.92 Å². The molecular formula is C13H17N3O5. The fourth-order valence-corrected chi connectivity index (χ4v) is 1.45. The summed E-state index contributed by atoms with van der Waals surface area (Å²) < 4.78 is 0. The molecule has 0 bridgehead atoms. The largest absolute Gasteiger partial charge is 0.507 e. The van der Waals surface area contributed by atoms with Gasteiger partial charge in [0.15, 0.2) is 0 Å². The Balaban J connectivity index is 2.53. The van der Waals surface area contributed by atoms with Crippen LogP contribution in [0, 0.1) is 0 Å². The minimum Gasteiger partial charge on any atom is -0.507 e. The molecule has 3 amide bonds. The van der Waals surface area contributed by atoms with Crippen molar-refractivity contribution in [3.63, 3.8) is 0 Å². The van der Waals surface area contributed by atoms with Gasteiger partial charge in [0.05, 0.1) is 6.54 Å². The van der Waals surface area contributed by atoms with Crippen LogP contribution in [0.4, 0.5) is 10.5 Å². The standard InChI is InChI=1S/C13H17N3O5/c1-2-5-14-11(18)7-15-13(21)16-8-3-4-10(17)9(6-8)12(19)20/h3-4,6,17H,2,5,7H2,1H3,(H,14,18)(H,19,20)(H2,15,16,21). The predicted octanol–water partition coefficient (Wildman–Crippen LogP) is 0.738. The maximum atomic E-state index is 11.5. The third-order valence-corrected chi connectivity index (χ3v) is 2.47. The minimum atomic E-state index is -1.31. The van der Waals surface area contributed by atoms with E-state index in [9.17, 15) is 19.5 Å². The van der Waals surface area contributed by atoms with Crippen LogP contribution in [0.15, 0.2) is 18.2 Å². The number of hydrogen-bond donors (Lipinski definition) is 5. The van der Waals surface area contributed by atoms with Crippen molar-refractivity contribution in [1.82, 2.24) is 10.6 Å². The fraction of sp³-hybridized carbons (Fsp3) is 0.308. The molecule has 0 saturated heterocycles. The van der Waals surface area contributed by atoms with Crippen molar-refractivity contribution in [1.29, 1.82) is 0 Å². The van der Waals surface area contributed by atoms with Gasteiger partial charge in [-0.05, 0) is 24.6 Å². The number of carboxylic acid groups (broad SMARTS) is 1. The zero-order chi connectivity index (χ0) is 15.8. The second-order valence-electron chi connectivity index (χ2n) is 4.19. The lowest BCUT2D eigenvalue weighted by Crippen LogP contribution is -2.39. The number of benzene rings is 1. The zero-order valence-corrected chi connectivity index (χ0v) is 11.5. The number of rotatable bonds is 6. The highest BCUT2D eigenvalue weighted by atomic mass is 16.4. The molecule has 0 atom stereocenters. The van der Waals surface area contributed by atoms with Crippen LogP contribution < -0.4 is 16.0 Å². The Labute approximate surface area is 121 Å². The first-order valence-corrected chi connectivity index (χ1v) is 6.32. The molecule has 0 radical (unpaired) electrons. The Hall–Kier alpha value is -2.77. The number of carbonyl (C=O) groups excluding carboxylic acids is 2. The molecule has 21 heavy (non-hydrogen) atoms. The highest BCUT2D eigenvalue weighted by Gasteiger charge is 2.11. The van der Waals surface area contributed by atoms with Crippen molar-refractivity contribution in [2.24, 2.45) is 0 Å². The number of aromatic hydroxyl groups is 1. The Morgan fingerprint density at radius 1 is 1.19 bits per heavy atom. The summed E-state index contributed by atoms with van der Waals surface area (Å²) in [6.45, 7) is 2.25. The monoisotopic (exact) mass is 295 g/mol. The van der Waals surface area contributed by atoms with Crippen molar-refractivity contribution >= 4 is 23.6 Å². The van der Waals surface area contributed by atoms with Gasteiger partial charge in [0.25, 0.3) is 0 Å². The molecule has 0 aliphatic carbocycles. The van der Waals surface area contributed by atoms with Gasteiger partial charge in [0, 0.05) is 12.2 Å². The quantitative estimate of drug-likeness (QED) is 0.494. The Morgan fingerprint density at radius 2 is 1.90 bits per heavy atom. The molecule has 0 heterocycles. The van der Waals surface area contributed by atoms with E-state index in [4.69, 9.17) is 5.11 Å². The van der Waals surface area contributed by atoms with Crippen LogP contribution in [0.25, 0.3) is 0 Å². The van der Waals surface area contributed by atoms with Crippen LogP contribution >= 0.6 is 0 Å². The van der Waals surface area contributed by atoms with E-state index in [0.29, 0.717) is 6.54 Å². The van der Waals surface area contributed by atoms with E-state index in [0.717, 1.165) is 18.6 Å². The lowest BCUT2D eigenvalue weighted by molar-refractivity contribution is -0.120. The van der Waals surface area contributed by atoms with Crippen LogP contribution in [0.3, 0.4) is 0 Å². The summed E-state index contributed by atoms with van der Waals surface area (Å²) in [5.74, 6) is -2.02. The molecule has 1 aromatic rings. The number of phenols is 1. The molecule has 8 nitrogen and oxygen atoms in total. The molecule has 0 unspecified atom stereocenters. The number of carboxylic acids is 1. The topological polar surface area (TPSA) is 128 Å². The van der Waals surface area contributed by atoms with Crippen LogP contribution in [0.5, 0.6) is 5.75 Å². The Morgan fingerprint density at radius 3 is 2.52 bits per heavy atom. The van der Waals surface area contributed by atoms with Gasteiger partial charge >= 0.3 is 12.0 Å². The first-order chi connectivity index (χ1) is 9.93. The minimum absolute atomic E-state index is 0.185. The number of urea groups is 1. The number of amides is 3. The van der Waals surface area contributed by atoms with Gasteiger partial charge < -0.3 is 26.2 Å². The third-order valence-electron chi connectivity index (χ3n) is 2.47. The summed E-state index contributed by atoms with van der Waals surface area (Å²) in [5.41, 5.74) is -0.134. The molecule has 1 rings (SSSR count). The van der Waals surface area contributed by atoms with Gasteiger partial charge in [0.1, 0.15) is 11.3 Å². The van der Waals surface area contributed by atoms with Gasteiger partial charge in [-0.3, -0.25) is 4.79 Å². The highest BCUT2D eigenvalue weighted by molar-refractivity contribution is 5.96. The molecule has 0 aliphatic heterocycles. The van der Waals surface area contributed by atoms with Gasteiger partial charge in [-0.2, -0.15) is 0 Å². The molecule has 5 N–H and O–H groups in total. The maximum Gasteiger partial charge on any atom is 0.339 e. The molecule has 0 aromatic heterocycles. The normalized spacial score (nSPS) is 9.76. The number of carbonyl (C=O) groups is 3. The second kappa shape index (κ2) is 7.73. The van der Waals surface area contributed by atoms with Gasteiger partial charge in [-0.15, -0.1) is 0 Å². The highest BCUT2D eigenvalue weighted by Crippen LogP contribution is 2.21. The summed E-state index contributed by atoms with van der Waals surface area (Å²) in [4.78, 5) is 33.7. The Bertz CT molecular complexity index is 545. The lowest BCUT2D eigenvalue weighted by atomic mass is 10.2. The average Bonchev–Trinajstić information content (AvgIpc) is 2.44. The van der Waals surface area contributed by atoms with E-state index < -0.39 is 17.7 Å². The predicted molar refractivity (Wildman–Crippen MR) is 75.4 cm³/mol. The molecule has 0 fully saturated rings. The molecule has 0 saturated carbocycles. The first-order valence-electron chi connectivity index (χ1n) is 6.32. The smallest absolute Gasteiger partial charge is 0.339 e. The van der Waals surface area contributed by atoms with Crippen LogP contribution in [0.2, 0.25) is 0 Å². The van der Waals surface area contributed by atoms with Gasteiger partial charge in [0.2, 0.25) is 5.91 Å². The SMILES string of the molecule is CCCNC(=O)CNC(=O)Nc1ccc(O)c(C(=O)O)c1. The third kappa shape index (κ3) is 5.39. The van der Waals surface area contributed by atoms with Gasteiger partial charge in [-0.1, -0.05) is 6.92 Å². The number of anilines is 1. The second-order valence-corrected chi connectivity index (χ2v) is 4.19. The van der Waals surface area contributed by atoms with Crippen molar-refractivity contribution in [3.05, 3.63) is 23.8 Å². The molecule has 8 heteroatoms. The lowest BCUT2D eigenvalue weighted by Gasteiger charge is -2.09. The Kier molecular flexibility index (Phi) is 5.99. The number of hydrogen-bond acceptors (Lipinski definition) is 4. The molecule has 0 aliphatic rings. The average molecular weight is 295 g/mol. The van der Waals surface area contributed by atoms with Crippen molar-refractivity contribution in [2.75, 3.05) is 18.4 Å². The van der Waals surface area contributed by atoms with E-state index in [1.165, 1.54) is 6.07 Å². The number of aromatic carboxylic acids is 1. The number of nitrogens with one attached hydrogen (secondary N) is 3. The first kappa shape index (κ1) is 16.3. The summed E-state index contributed by atoms with van der Waals surface area (Å²) in [6.07, 6.45) is 0.795. The maximum absolute atomic E-state index is 11.5. The summed E-state index contributed by atoms with van der Waals surface area (Å²) in [6, 6.07) is 2.98. The van der Waals surface area contributed by atoms with Crippen molar-refractivity contribution in [2.45, 2.75) is 13.3 Å². The van der Waals surface area contributed by atoms with Crippen LogP contribution in [-0.4, -0.2) is 41.2 Å². The molecule has 1 aromatic carbocycles. The fourth-order valence-electron chi connectivity index (χ4n) is 1.45. The van der Waals surface area contributed by atoms with E-state index in [1.54, 1.807) is 0 Å². The zero-order valence-electron chi connectivity index (χ0n) is 11.5. The van der Waals surface area contributed by atoms with Crippen molar-refractivity contribution in [3.8, 4) is 5.75 Å². The van der Waals surface area contributed by atoms with Crippen LogP contribution in [-0.2, 0) is 4.79 Å². The molecular weight excluding hydrogens is 278 g/mol. The summed E-state index contributed by atoms with van der Waals surface area (Å²) in [7, 11) is 0. The van der Waals surface area contributed by atoms with E-state index >= 15 is 0 Å². The summed E-state index contributed by atoms with van der Waals surface area (Å²) in [5, 5.41) is 25.5. The van der Waals surface area contributed by atoms with E-state index in [-0.39, 0.29) is 23.7 Å². The van der Waals surface area contributed by atoms with Crippen LogP contribution in [0.1, 0.15) is 23.7 Å². The summed E-state index contributed by atoms with van der Waals surface area (Å²) >= 11 is 0. The van der Waals surface area contributed by atoms with E-state index in [2.05, 4.69) is 16.0 Å². The van der Waals surface area contributed by atoms with Crippen molar-refractivity contribution < 1.29 is 24.6 Å². The molecule has 0 spiro atoms. The van der Waals surface area contributed by atoms with Gasteiger partial charge in [-0.25, -0.2) is 9.59 Å². The molecule has 114 valence electrons.